The molecule has 0 spiro atoms. The summed E-state index contributed by atoms with van der Waals surface area (Å²) >= 11 is 0. The predicted molar refractivity (Wildman–Crippen MR) is 160 cm³/mol. The molecule has 4 unspecified atom stereocenters. The third-order valence-electron chi connectivity index (χ3n) is 6.64. The lowest BCUT2D eigenvalue weighted by Gasteiger charge is -2.25. The highest BCUT2D eigenvalue weighted by Gasteiger charge is 2.31. The van der Waals surface area contributed by atoms with Gasteiger partial charge in [0.25, 0.3) is 0 Å². The van der Waals surface area contributed by atoms with Crippen molar-refractivity contribution in [1.29, 1.82) is 0 Å². The quantitative estimate of drug-likeness (QED) is 0.0463. The van der Waals surface area contributed by atoms with Crippen LogP contribution >= 0.6 is 0 Å². The summed E-state index contributed by atoms with van der Waals surface area (Å²) in [4.78, 5) is 69.9. The molecule has 16 heteroatoms. The van der Waals surface area contributed by atoms with Gasteiger partial charge in [-0.15, -0.1) is 0 Å². The van der Waals surface area contributed by atoms with Gasteiger partial charge in [-0.05, 0) is 43.9 Å². The second kappa shape index (κ2) is 17.3. The Morgan fingerprint density at radius 2 is 1.51 bits per heavy atom. The highest BCUT2D eigenvalue weighted by atomic mass is 16.4. The van der Waals surface area contributed by atoms with E-state index in [0.717, 1.165) is 10.9 Å². The van der Waals surface area contributed by atoms with E-state index < -0.39 is 60.2 Å². The molecule has 4 amide bonds. The minimum absolute atomic E-state index is 0.0626. The topological polar surface area (TPSA) is 300 Å². The maximum atomic E-state index is 13.3. The summed E-state index contributed by atoms with van der Waals surface area (Å²) in [7, 11) is 0. The van der Waals surface area contributed by atoms with E-state index in [1.807, 2.05) is 18.2 Å². The number of fused-ring (bicyclic) bond motifs is 1. The number of guanidine groups is 1. The lowest BCUT2D eigenvalue weighted by atomic mass is 10.0. The molecule has 0 aliphatic rings. The fourth-order valence-electron chi connectivity index (χ4n) is 4.37. The number of carbonyl (C=O) groups excluding carboxylic acids is 4. The molecule has 0 bridgehead atoms. The molecular weight excluding hydrogens is 560 g/mol. The fraction of sp³-hybridized carbons (Fsp3) is 0.481. The SMILES string of the molecule is NCCCCC(N)C(=O)NC(CCCN=C(N)N)C(=O)NC(CC(N)=O)C(=O)NC(Cc1c[nH]c2ccccc12)C(=O)O. The van der Waals surface area contributed by atoms with E-state index in [0.29, 0.717) is 31.4 Å². The highest BCUT2D eigenvalue weighted by Crippen LogP contribution is 2.19. The first-order valence-electron chi connectivity index (χ1n) is 13.9. The van der Waals surface area contributed by atoms with Crippen molar-refractivity contribution in [3.63, 3.8) is 0 Å². The van der Waals surface area contributed by atoms with E-state index in [-0.39, 0.29) is 31.8 Å². The van der Waals surface area contributed by atoms with Crippen LogP contribution in [0, 0.1) is 0 Å². The van der Waals surface area contributed by atoms with E-state index in [4.69, 9.17) is 28.7 Å². The molecule has 2 rings (SSSR count). The summed E-state index contributed by atoms with van der Waals surface area (Å²) in [5.41, 5.74) is 28.9. The van der Waals surface area contributed by atoms with Gasteiger partial charge < -0.3 is 54.7 Å². The third-order valence-corrected chi connectivity index (χ3v) is 6.64. The van der Waals surface area contributed by atoms with Crippen LogP contribution in [0.1, 0.15) is 44.1 Å². The van der Waals surface area contributed by atoms with Crippen molar-refractivity contribution in [3.05, 3.63) is 36.0 Å². The molecule has 15 N–H and O–H groups in total. The number of nitrogens with zero attached hydrogens (tertiary/aromatic N) is 1. The summed E-state index contributed by atoms with van der Waals surface area (Å²) in [6.45, 7) is 0.599. The number of hydrogen-bond acceptors (Lipinski definition) is 8. The second-order valence-corrected chi connectivity index (χ2v) is 10.1. The van der Waals surface area contributed by atoms with Crippen LogP contribution in [0.2, 0.25) is 0 Å². The number of nitrogens with one attached hydrogen (secondary N) is 4. The normalized spacial score (nSPS) is 13.7. The lowest BCUT2D eigenvalue weighted by Crippen LogP contribution is -2.58. The van der Waals surface area contributed by atoms with Crippen molar-refractivity contribution in [3.8, 4) is 0 Å². The number of amides is 4. The smallest absolute Gasteiger partial charge is 0.326 e. The molecule has 236 valence electrons. The van der Waals surface area contributed by atoms with Crippen molar-refractivity contribution in [1.82, 2.24) is 20.9 Å². The number of aromatic amines is 1. The van der Waals surface area contributed by atoms with Crippen LogP contribution in [0.15, 0.2) is 35.5 Å². The number of primary amides is 1. The zero-order valence-electron chi connectivity index (χ0n) is 23.9. The highest BCUT2D eigenvalue weighted by molar-refractivity contribution is 5.96. The van der Waals surface area contributed by atoms with Crippen molar-refractivity contribution in [2.45, 2.75) is 69.1 Å². The summed E-state index contributed by atoms with van der Waals surface area (Å²) in [6, 6.07) is 2.26. The minimum Gasteiger partial charge on any atom is -0.480 e. The summed E-state index contributed by atoms with van der Waals surface area (Å²) < 4.78 is 0. The molecule has 0 aliphatic heterocycles. The zero-order chi connectivity index (χ0) is 31.9. The lowest BCUT2D eigenvalue weighted by molar-refractivity contribution is -0.142. The van der Waals surface area contributed by atoms with E-state index in [9.17, 15) is 29.1 Å². The molecule has 0 fully saturated rings. The number of carboxylic acids is 1. The van der Waals surface area contributed by atoms with E-state index in [1.54, 1.807) is 12.3 Å². The number of H-pyrrole nitrogens is 1. The van der Waals surface area contributed by atoms with Crippen LogP contribution in [0.3, 0.4) is 0 Å². The van der Waals surface area contributed by atoms with Gasteiger partial charge in [0.05, 0.1) is 12.5 Å². The van der Waals surface area contributed by atoms with Crippen molar-refractivity contribution in [2.24, 2.45) is 33.7 Å². The Balaban J connectivity index is 2.18. The standard InChI is InChI=1S/C27H42N10O6/c28-10-4-3-7-17(29)23(39)35-19(9-5-11-33-27(31)32)24(40)36-20(13-22(30)38)25(41)37-21(26(42)43)12-15-14-34-18-8-2-1-6-16(15)18/h1-2,6,8,14,17,19-21,34H,3-5,7,9-13,28-29H2,(H2,30,38)(H,35,39)(H,36,40)(H,37,41)(H,42,43)(H4,31,32,33). The van der Waals surface area contributed by atoms with Crippen LogP contribution in [0.25, 0.3) is 10.9 Å². The maximum absolute atomic E-state index is 13.3. The Kier molecular flexibility index (Phi) is 13.9. The molecule has 1 aromatic carbocycles. The van der Waals surface area contributed by atoms with Gasteiger partial charge >= 0.3 is 5.97 Å². The number of hydrogen-bond donors (Lipinski definition) is 10. The van der Waals surface area contributed by atoms with Crippen molar-refractivity contribution < 1.29 is 29.1 Å². The van der Waals surface area contributed by atoms with E-state index >= 15 is 0 Å². The Morgan fingerprint density at radius 3 is 2.16 bits per heavy atom. The number of para-hydroxylation sites is 1. The Hall–Kier alpha value is -4.70. The molecule has 0 radical (unpaired) electrons. The van der Waals surface area contributed by atoms with E-state index in [1.165, 1.54) is 0 Å². The van der Waals surface area contributed by atoms with E-state index in [2.05, 4.69) is 25.9 Å². The molecule has 43 heavy (non-hydrogen) atoms. The minimum atomic E-state index is -1.52. The molecule has 0 aliphatic carbocycles. The van der Waals surface area contributed by atoms with Gasteiger partial charge in [0.15, 0.2) is 5.96 Å². The number of benzene rings is 1. The Labute approximate surface area is 248 Å². The molecule has 0 saturated carbocycles. The number of nitrogens with two attached hydrogens (primary N) is 5. The Bertz CT molecular complexity index is 1290. The predicted octanol–water partition coefficient (Wildman–Crippen LogP) is -2.37. The average Bonchev–Trinajstić information content (AvgIpc) is 3.36. The van der Waals surface area contributed by atoms with Crippen LogP contribution in [0.4, 0.5) is 0 Å². The molecule has 2 aromatic rings. The number of aliphatic imine (C=N–C) groups is 1. The first kappa shape index (κ1) is 34.5. The molecule has 0 saturated heterocycles. The zero-order valence-corrected chi connectivity index (χ0v) is 23.9. The number of carbonyl (C=O) groups is 5. The number of unbranched alkanes of at least 4 members (excludes halogenated alkanes) is 1. The van der Waals surface area contributed by atoms with Crippen molar-refractivity contribution >= 4 is 46.5 Å². The summed E-state index contributed by atoms with van der Waals surface area (Å²) in [5.74, 6) is -4.73. The van der Waals surface area contributed by atoms with Gasteiger partial charge in [0.2, 0.25) is 23.6 Å². The largest absolute Gasteiger partial charge is 0.480 e. The molecule has 16 nitrogen and oxygen atoms in total. The molecular formula is C27H42N10O6. The van der Waals surface area contributed by atoms with Crippen LogP contribution < -0.4 is 44.6 Å². The average molecular weight is 603 g/mol. The number of aliphatic carboxylic acids is 1. The van der Waals surface area contributed by atoms with Gasteiger partial charge in [0, 0.05) is 30.1 Å². The molecule has 1 aromatic heterocycles. The second-order valence-electron chi connectivity index (χ2n) is 10.1. The maximum Gasteiger partial charge on any atom is 0.326 e. The Morgan fingerprint density at radius 1 is 0.860 bits per heavy atom. The fourth-order valence-corrected chi connectivity index (χ4v) is 4.37. The van der Waals surface area contributed by atoms with Gasteiger partial charge in [-0.1, -0.05) is 24.6 Å². The summed E-state index contributed by atoms with van der Waals surface area (Å²) in [6.07, 6.45) is 2.90. The van der Waals surface area contributed by atoms with Gasteiger partial charge in [-0.25, -0.2) is 4.79 Å². The van der Waals surface area contributed by atoms with Gasteiger partial charge in [0.1, 0.15) is 18.1 Å². The first-order chi connectivity index (χ1) is 20.4. The molecule has 4 atom stereocenters. The van der Waals surface area contributed by atoms with Gasteiger partial charge in [-0.3, -0.25) is 24.2 Å². The number of rotatable bonds is 19. The van der Waals surface area contributed by atoms with Crippen molar-refractivity contribution in [2.75, 3.05) is 13.1 Å². The van der Waals surface area contributed by atoms with Crippen LogP contribution in [-0.2, 0) is 30.4 Å². The molecule has 1 heterocycles. The summed E-state index contributed by atoms with van der Waals surface area (Å²) in [5, 5.41) is 18.0. The monoisotopic (exact) mass is 602 g/mol. The number of aromatic nitrogens is 1. The van der Waals surface area contributed by atoms with Crippen LogP contribution in [0.5, 0.6) is 0 Å². The third kappa shape index (κ3) is 11.6. The van der Waals surface area contributed by atoms with Gasteiger partial charge in [-0.2, -0.15) is 0 Å². The number of carboxylic acid groups (broad SMARTS) is 1. The first-order valence-corrected chi connectivity index (χ1v) is 13.9. The van der Waals surface area contributed by atoms with Crippen LogP contribution in [-0.4, -0.2) is 82.9 Å².